The first-order chi connectivity index (χ1) is 13.1. The van der Waals surface area contributed by atoms with Crippen molar-refractivity contribution in [1.82, 2.24) is 10.6 Å². The highest BCUT2D eigenvalue weighted by Crippen LogP contribution is 2.23. The third kappa shape index (κ3) is 7.64. The van der Waals surface area contributed by atoms with Crippen LogP contribution in [-0.2, 0) is 16.0 Å². The van der Waals surface area contributed by atoms with Crippen LogP contribution in [0.4, 0.5) is 13.2 Å². The third-order valence-electron chi connectivity index (χ3n) is 4.08. The second-order valence-corrected chi connectivity index (χ2v) is 6.11. The number of guanidine groups is 1. The Balaban J connectivity index is 1.69. The number of rotatable bonds is 10. The standard InChI is InChI=1S/C18H26F3N3O3/c1-22-18(23-7-3-8-25-11-13-6-9-26-12-13)24-10-14-15(19)4-2-5-16(14)27-17(20)21/h2,4-5,13,17H,3,6-12H2,1H3,(H2,22,23,24). The highest BCUT2D eigenvalue weighted by Gasteiger charge is 2.15. The summed E-state index contributed by atoms with van der Waals surface area (Å²) in [6.07, 6.45) is 1.82. The molecule has 0 amide bonds. The molecule has 1 aromatic carbocycles. The van der Waals surface area contributed by atoms with E-state index in [4.69, 9.17) is 9.47 Å². The van der Waals surface area contributed by atoms with E-state index in [9.17, 15) is 13.2 Å². The Hall–Kier alpha value is -2.00. The Morgan fingerprint density at radius 1 is 1.37 bits per heavy atom. The van der Waals surface area contributed by atoms with Crippen molar-refractivity contribution in [3.63, 3.8) is 0 Å². The van der Waals surface area contributed by atoms with Gasteiger partial charge in [-0.3, -0.25) is 4.99 Å². The van der Waals surface area contributed by atoms with Crippen LogP contribution in [0.15, 0.2) is 23.2 Å². The van der Waals surface area contributed by atoms with E-state index in [1.54, 1.807) is 7.05 Å². The second kappa shape index (κ2) is 11.7. The molecule has 2 rings (SSSR count). The van der Waals surface area contributed by atoms with Crippen LogP contribution in [0.5, 0.6) is 5.75 Å². The molecule has 0 spiro atoms. The van der Waals surface area contributed by atoms with Crippen LogP contribution in [0.25, 0.3) is 0 Å². The Labute approximate surface area is 157 Å². The molecule has 0 radical (unpaired) electrons. The summed E-state index contributed by atoms with van der Waals surface area (Å²) in [7, 11) is 1.57. The molecule has 27 heavy (non-hydrogen) atoms. The molecular formula is C18H26F3N3O3. The van der Waals surface area contributed by atoms with Gasteiger partial charge in [-0.2, -0.15) is 8.78 Å². The molecule has 1 aliphatic heterocycles. The van der Waals surface area contributed by atoms with Crippen LogP contribution in [-0.4, -0.2) is 52.6 Å². The third-order valence-corrected chi connectivity index (χ3v) is 4.08. The van der Waals surface area contributed by atoms with Gasteiger partial charge >= 0.3 is 6.61 Å². The Morgan fingerprint density at radius 2 is 2.22 bits per heavy atom. The zero-order valence-electron chi connectivity index (χ0n) is 15.3. The van der Waals surface area contributed by atoms with E-state index in [1.807, 2.05) is 0 Å². The number of alkyl halides is 2. The van der Waals surface area contributed by atoms with Crippen LogP contribution < -0.4 is 15.4 Å². The largest absolute Gasteiger partial charge is 0.434 e. The van der Waals surface area contributed by atoms with Crippen molar-refractivity contribution in [1.29, 1.82) is 0 Å². The molecular weight excluding hydrogens is 363 g/mol. The summed E-state index contributed by atoms with van der Waals surface area (Å²) >= 11 is 0. The average Bonchev–Trinajstić information content (AvgIpc) is 3.15. The fourth-order valence-corrected chi connectivity index (χ4v) is 2.66. The maximum absolute atomic E-state index is 13.9. The Bertz CT molecular complexity index is 596. The van der Waals surface area contributed by atoms with Crippen LogP contribution in [0.2, 0.25) is 0 Å². The number of hydrogen-bond acceptors (Lipinski definition) is 4. The van der Waals surface area contributed by atoms with Gasteiger partial charge in [-0.25, -0.2) is 4.39 Å². The lowest BCUT2D eigenvalue weighted by molar-refractivity contribution is -0.0506. The lowest BCUT2D eigenvalue weighted by atomic mass is 10.1. The molecule has 1 fully saturated rings. The maximum atomic E-state index is 13.9. The molecule has 1 aliphatic rings. The van der Waals surface area contributed by atoms with E-state index in [1.165, 1.54) is 18.2 Å². The van der Waals surface area contributed by atoms with E-state index in [-0.39, 0.29) is 17.9 Å². The van der Waals surface area contributed by atoms with E-state index in [0.29, 0.717) is 31.6 Å². The molecule has 1 unspecified atom stereocenters. The van der Waals surface area contributed by atoms with E-state index in [0.717, 1.165) is 26.1 Å². The summed E-state index contributed by atoms with van der Waals surface area (Å²) < 4.78 is 54.1. The van der Waals surface area contributed by atoms with Crippen molar-refractivity contribution in [2.45, 2.75) is 26.0 Å². The number of hydrogen-bond donors (Lipinski definition) is 2. The molecule has 9 heteroatoms. The fourth-order valence-electron chi connectivity index (χ4n) is 2.66. The van der Waals surface area contributed by atoms with Gasteiger partial charge in [0.25, 0.3) is 0 Å². The predicted molar refractivity (Wildman–Crippen MR) is 95.6 cm³/mol. The predicted octanol–water partition coefficient (Wildman–Crippen LogP) is 2.54. The molecule has 0 aromatic heterocycles. The minimum atomic E-state index is -3.02. The SMILES string of the molecule is CN=C(NCCCOCC1CCOC1)NCc1c(F)cccc1OC(F)F. The number of nitrogens with one attached hydrogen (secondary N) is 2. The van der Waals surface area contributed by atoms with Crippen molar-refractivity contribution in [2.75, 3.05) is 40.0 Å². The molecule has 1 heterocycles. The fraction of sp³-hybridized carbons (Fsp3) is 0.611. The van der Waals surface area contributed by atoms with E-state index >= 15 is 0 Å². The Morgan fingerprint density at radius 3 is 2.93 bits per heavy atom. The van der Waals surface area contributed by atoms with Gasteiger partial charge in [0, 0.05) is 44.8 Å². The van der Waals surface area contributed by atoms with Crippen LogP contribution in [0.1, 0.15) is 18.4 Å². The topological polar surface area (TPSA) is 64.1 Å². The summed E-state index contributed by atoms with van der Waals surface area (Å²) in [5.41, 5.74) is 0.0165. The first-order valence-electron chi connectivity index (χ1n) is 8.92. The number of benzene rings is 1. The molecule has 0 bridgehead atoms. The molecule has 1 aromatic rings. The van der Waals surface area contributed by atoms with E-state index < -0.39 is 12.4 Å². The first-order valence-corrected chi connectivity index (χ1v) is 8.92. The molecule has 2 N–H and O–H groups in total. The normalized spacial score (nSPS) is 17.4. The molecule has 0 saturated carbocycles. The minimum Gasteiger partial charge on any atom is -0.434 e. The van der Waals surface area contributed by atoms with Gasteiger partial charge in [0.05, 0.1) is 13.2 Å². The maximum Gasteiger partial charge on any atom is 0.387 e. The molecule has 152 valence electrons. The quantitative estimate of drug-likeness (QED) is 0.366. The number of ether oxygens (including phenoxy) is 3. The van der Waals surface area contributed by atoms with Gasteiger partial charge in [-0.15, -0.1) is 0 Å². The molecule has 1 atom stereocenters. The van der Waals surface area contributed by atoms with Crippen molar-refractivity contribution >= 4 is 5.96 Å². The van der Waals surface area contributed by atoms with Crippen LogP contribution in [0.3, 0.4) is 0 Å². The minimum absolute atomic E-state index is 0.0165. The smallest absolute Gasteiger partial charge is 0.387 e. The van der Waals surface area contributed by atoms with Gasteiger partial charge in [0.1, 0.15) is 11.6 Å². The second-order valence-electron chi connectivity index (χ2n) is 6.11. The number of nitrogens with zero attached hydrogens (tertiary/aromatic N) is 1. The van der Waals surface area contributed by atoms with Crippen molar-refractivity contribution in [3.8, 4) is 5.75 Å². The van der Waals surface area contributed by atoms with Crippen LogP contribution in [0, 0.1) is 11.7 Å². The van der Waals surface area contributed by atoms with Crippen molar-refractivity contribution in [2.24, 2.45) is 10.9 Å². The summed E-state index contributed by atoms with van der Waals surface area (Å²) in [5.74, 6) is 0.0981. The lowest BCUT2D eigenvalue weighted by Crippen LogP contribution is -2.37. The first kappa shape index (κ1) is 21.3. The zero-order valence-corrected chi connectivity index (χ0v) is 15.3. The average molecular weight is 389 g/mol. The Kier molecular flexibility index (Phi) is 9.20. The van der Waals surface area contributed by atoms with Gasteiger partial charge in [0.15, 0.2) is 5.96 Å². The summed E-state index contributed by atoms with van der Waals surface area (Å²) in [6, 6.07) is 3.81. The van der Waals surface area contributed by atoms with Crippen molar-refractivity contribution < 1.29 is 27.4 Å². The summed E-state index contributed by atoms with van der Waals surface area (Å²) in [6.45, 7) is 0.447. The molecule has 0 aliphatic carbocycles. The highest BCUT2D eigenvalue weighted by molar-refractivity contribution is 5.79. The summed E-state index contributed by atoms with van der Waals surface area (Å²) in [5, 5.41) is 5.96. The van der Waals surface area contributed by atoms with Gasteiger partial charge in [0.2, 0.25) is 0 Å². The molecule has 1 saturated heterocycles. The van der Waals surface area contributed by atoms with Crippen molar-refractivity contribution in [3.05, 3.63) is 29.6 Å². The lowest BCUT2D eigenvalue weighted by Gasteiger charge is -2.15. The number of halogens is 3. The van der Waals surface area contributed by atoms with Gasteiger partial charge in [-0.05, 0) is 25.0 Å². The number of aliphatic imine (C=N–C) groups is 1. The van der Waals surface area contributed by atoms with Gasteiger partial charge < -0.3 is 24.8 Å². The van der Waals surface area contributed by atoms with Crippen LogP contribution >= 0.6 is 0 Å². The summed E-state index contributed by atoms with van der Waals surface area (Å²) in [4.78, 5) is 4.03. The van der Waals surface area contributed by atoms with E-state index in [2.05, 4.69) is 20.4 Å². The monoisotopic (exact) mass is 389 g/mol. The highest BCUT2D eigenvalue weighted by atomic mass is 19.3. The van der Waals surface area contributed by atoms with Gasteiger partial charge in [-0.1, -0.05) is 6.07 Å². The zero-order chi connectivity index (χ0) is 19.5. The molecule has 6 nitrogen and oxygen atoms in total.